The van der Waals surface area contributed by atoms with Crippen molar-refractivity contribution in [2.24, 2.45) is 5.73 Å². The standard InChI is InChI=1S/C15H19N3O/c1-10(16)8-9-17-15(19)13-5-3-4-12-7-6-11(2)18-14(12)13/h3-7,10H,8-9,16H2,1-2H3,(H,17,19). The molecule has 0 fully saturated rings. The zero-order chi connectivity index (χ0) is 13.8. The molecule has 0 saturated carbocycles. The Labute approximate surface area is 113 Å². The molecule has 0 aliphatic heterocycles. The summed E-state index contributed by atoms with van der Waals surface area (Å²) in [4.78, 5) is 16.6. The molecule has 0 radical (unpaired) electrons. The molecule has 1 aromatic carbocycles. The molecule has 3 N–H and O–H groups in total. The Kier molecular flexibility index (Phi) is 4.12. The van der Waals surface area contributed by atoms with Crippen molar-refractivity contribution in [3.8, 4) is 0 Å². The first-order valence-electron chi connectivity index (χ1n) is 6.48. The summed E-state index contributed by atoms with van der Waals surface area (Å²) in [6.07, 6.45) is 0.767. The molecule has 100 valence electrons. The van der Waals surface area contributed by atoms with E-state index in [1.807, 2.05) is 38.1 Å². The number of carbonyl (C=O) groups is 1. The molecule has 1 aromatic heterocycles. The molecule has 4 nitrogen and oxygen atoms in total. The van der Waals surface area contributed by atoms with Gasteiger partial charge in [0, 0.05) is 23.7 Å². The van der Waals surface area contributed by atoms with Crippen LogP contribution in [0.5, 0.6) is 0 Å². The monoisotopic (exact) mass is 257 g/mol. The topological polar surface area (TPSA) is 68.0 Å². The first-order chi connectivity index (χ1) is 9.08. The van der Waals surface area contributed by atoms with Crippen LogP contribution in [0, 0.1) is 6.92 Å². The Bertz CT molecular complexity index is 593. The zero-order valence-electron chi connectivity index (χ0n) is 11.3. The van der Waals surface area contributed by atoms with E-state index in [1.54, 1.807) is 6.07 Å². The van der Waals surface area contributed by atoms with Gasteiger partial charge in [0.1, 0.15) is 0 Å². The molecule has 19 heavy (non-hydrogen) atoms. The number of aromatic nitrogens is 1. The van der Waals surface area contributed by atoms with E-state index in [0.29, 0.717) is 12.1 Å². The summed E-state index contributed by atoms with van der Waals surface area (Å²) in [5.41, 5.74) is 7.94. The van der Waals surface area contributed by atoms with Crippen LogP contribution in [0.3, 0.4) is 0 Å². The van der Waals surface area contributed by atoms with Crippen molar-refractivity contribution in [3.63, 3.8) is 0 Å². The maximum atomic E-state index is 12.2. The third kappa shape index (κ3) is 3.29. The number of fused-ring (bicyclic) bond motifs is 1. The molecule has 0 aliphatic carbocycles. The second-order valence-electron chi connectivity index (χ2n) is 4.85. The van der Waals surface area contributed by atoms with Crippen molar-refractivity contribution < 1.29 is 4.79 Å². The Morgan fingerprint density at radius 3 is 2.89 bits per heavy atom. The number of carbonyl (C=O) groups excluding carboxylic acids is 1. The average Bonchev–Trinajstić information content (AvgIpc) is 2.37. The summed E-state index contributed by atoms with van der Waals surface area (Å²) < 4.78 is 0. The van der Waals surface area contributed by atoms with Gasteiger partial charge in [-0.1, -0.05) is 18.2 Å². The molecule has 2 aromatic rings. The fourth-order valence-corrected chi connectivity index (χ4v) is 1.94. The van der Waals surface area contributed by atoms with Gasteiger partial charge in [-0.2, -0.15) is 0 Å². The largest absolute Gasteiger partial charge is 0.352 e. The highest BCUT2D eigenvalue weighted by Crippen LogP contribution is 2.17. The summed E-state index contributed by atoms with van der Waals surface area (Å²) in [6.45, 7) is 4.43. The third-order valence-corrected chi connectivity index (χ3v) is 2.99. The second kappa shape index (κ2) is 5.80. The number of amides is 1. The lowest BCUT2D eigenvalue weighted by Gasteiger charge is -2.09. The highest BCUT2D eigenvalue weighted by Gasteiger charge is 2.10. The molecule has 1 atom stereocenters. The van der Waals surface area contributed by atoms with Gasteiger partial charge in [0.2, 0.25) is 0 Å². The lowest BCUT2D eigenvalue weighted by atomic mass is 10.1. The lowest BCUT2D eigenvalue weighted by Crippen LogP contribution is -2.29. The molecule has 1 amide bonds. The van der Waals surface area contributed by atoms with Crippen LogP contribution in [0.4, 0.5) is 0 Å². The van der Waals surface area contributed by atoms with Crippen LogP contribution in [0.1, 0.15) is 29.4 Å². The lowest BCUT2D eigenvalue weighted by molar-refractivity contribution is 0.0954. The molecular weight excluding hydrogens is 238 g/mol. The number of hydrogen-bond donors (Lipinski definition) is 2. The predicted molar refractivity (Wildman–Crippen MR) is 77.1 cm³/mol. The average molecular weight is 257 g/mol. The number of nitrogens with two attached hydrogens (primary N) is 1. The van der Waals surface area contributed by atoms with Crippen LogP contribution < -0.4 is 11.1 Å². The van der Waals surface area contributed by atoms with Crippen molar-refractivity contribution in [3.05, 3.63) is 41.6 Å². The summed E-state index contributed by atoms with van der Waals surface area (Å²) in [7, 11) is 0. The molecule has 4 heteroatoms. The van der Waals surface area contributed by atoms with Crippen LogP contribution in [-0.2, 0) is 0 Å². The van der Waals surface area contributed by atoms with Crippen LogP contribution >= 0.6 is 0 Å². The molecule has 0 aliphatic rings. The van der Waals surface area contributed by atoms with E-state index in [9.17, 15) is 4.79 Å². The zero-order valence-corrected chi connectivity index (χ0v) is 11.3. The highest BCUT2D eigenvalue weighted by molar-refractivity contribution is 6.05. The summed E-state index contributed by atoms with van der Waals surface area (Å²) in [6, 6.07) is 9.65. The maximum Gasteiger partial charge on any atom is 0.253 e. The number of benzene rings is 1. The maximum absolute atomic E-state index is 12.2. The van der Waals surface area contributed by atoms with Gasteiger partial charge in [0.25, 0.3) is 5.91 Å². The quantitative estimate of drug-likeness (QED) is 0.880. The Hall–Kier alpha value is -1.94. The highest BCUT2D eigenvalue weighted by atomic mass is 16.1. The van der Waals surface area contributed by atoms with Crippen molar-refractivity contribution in [1.82, 2.24) is 10.3 Å². The van der Waals surface area contributed by atoms with Crippen molar-refractivity contribution in [2.45, 2.75) is 26.3 Å². The molecule has 2 rings (SSSR count). The second-order valence-corrected chi connectivity index (χ2v) is 4.85. The fraction of sp³-hybridized carbons (Fsp3) is 0.333. The fourth-order valence-electron chi connectivity index (χ4n) is 1.94. The van der Waals surface area contributed by atoms with E-state index in [-0.39, 0.29) is 11.9 Å². The van der Waals surface area contributed by atoms with Crippen LogP contribution in [-0.4, -0.2) is 23.5 Å². The molecule has 0 saturated heterocycles. The Balaban J connectivity index is 2.24. The number of nitrogens with zero attached hydrogens (tertiary/aromatic N) is 1. The minimum Gasteiger partial charge on any atom is -0.352 e. The van der Waals surface area contributed by atoms with Crippen molar-refractivity contribution in [1.29, 1.82) is 0 Å². The first-order valence-corrected chi connectivity index (χ1v) is 6.48. The number of para-hydroxylation sites is 1. The number of rotatable bonds is 4. The van der Waals surface area contributed by atoms with Crippen molar-refractivity contribution >= 4 is 16.8 Å². The van der Waals surface area contributed by atoms with Crippen LogP contribution in [0.15, 0.2) is 30.3 Å². The molecule has 1 heterocycles. The first kappa shape index (κ1) is 13.5. The molecule has 0 spiro atoms. The van der Waals surface area contributed by atoms with Gasteiger partial charge in [-0.05, 0) is 32.4 Å². The van der Waals surface area contributed by atoms with Crippen LogP contribution in [0.2, 0.25) is 0 Å². The Morgan fingerprint density at radius 2 is 2.16 bits per heavy atom. The van der Waals surface area contributed by atoms with E-state index < -0.39 is 0 Å². The Morgan fingerprint density at radius 1 is 1.37 bits per heavy atom. The van der Waals surface area contributed by atoms with Gasteiger partial charge in [0.05, 0.1) is 11.1 Å². The van der Waals surface area contributed by atoms with Crippen molar-refractivity contribution in [2.75, 3.05) is 6.54 Å². The minimum absolute atomic E-state index is 0.0909. The van der Waals surface area contributed by atoms with E-state index in [1.165, 1.54) is 0 Å². The van der Waals surface area contributed by atoms with Gasteiger partial charge < -0.3 is 11.1 Å². The number of pyridine rings is 1. The van der Waals surface area contributed by atoms with E-state index in [0.717, 1.165) is 23.0 Å². The molecular formula is C15H19N3O. The number of nitrogens with one attached hydrogen (secondary N) is 1. The van der Waals surface area contributed by atoms with Gasteiger partial charge in [-0.15, -0.1) is 0 Å². The van der Waals surface area contributed by atoms with Gasteiger partial charge in [-0.3, -0.25) is 9.78 Å². The predicted octanol–water partition coefficient (Wildman–Crippen LogP) is 2.01. The molecule has 1 unspecified atom stereocenters. The summed E-state index contributed by atoms with van der Waals surface area (Å²) in [5.74, 6) is -0.0932. The minimum atomic E-state index is -0.0932. The smallest absolute Gasteiger partial charge is 0.253 e. The number of hydrogen-bond acceptors (Lipinski definition) is 3. The summed E-state index contributed by atoms with van der Waals surface area (Å²) in [5, 5.41) is 3.86. The van der Waals surface area contributed by atoms with E-state index >= 15 is 0 Å². The van der Waals surface area contributed by atoms with E-state index in [4.69, 9.17) is 5.73 Å². The van der Waals surface area contributed by atoms with Crippen LogP contribution in [0.25, 0.3) is 10.9 Å². The number of aryl methyl sites for hydroxylation is 1. The summed E-state index contributed by atoms with van der Waals surface area (Å²) >= 11 is 0. The van der Waals surface area contributed by atoms with E-state index in [2.05, 4.69) is 10.3 Å². The van der Waals surface area contributed by atoms with Gasteiger partial charge in [-0.25, -0.2) is 0 Å². The SMILES string of the molecule is Cc1ccc2cccc(C(=O)NCCC(C)N)c2n1. The normalized spacial score (nSPS) is 12.4. The van der Waals surface area contributed by atoms with Gasteiger partial charge >= 0.3 is 0 Å². The van der Waals surface area contributed by atoms with Gasteiger partial charge in [0.15, 0.2) is 0 Å². The third-order valence-electron chi connectivity index (χ3n) is 2.99. The molecule has 0 bridgehead atoms.